The molecule has 0 bridgehead atoms. The van der Waals surface area contributed by atoms with E-state index >= 15 is 0 Å². The van der Waals surface area contributed by atoms with E-state index in [0.29, 0.717) is 0 Å². The molecule has 0 spiro atoms. The molecular weight excluding hydrogens is 236 g/mol. The first-order chi connectivity index (χ1) is 9.26. The lowest BCUT2D eigenvalue weighted by molar-refractivity contribution is 0.204. The molecule has 0 fully saturated rings. The van der Waals surface area contributed by atoms with Gasteiger partial charge in [-0.1, -0.05) is 32.8 Å². The molecule has 0 amide bonds. The van der Waals surface area contributed by atoms with Crippen molar-refractivity contribution in [2.24, 2.45) is 0 Å². The largest absolute Gasteiger partial charge is 0.492 e. The van der Waals surface area contributed by atoms with Crippen LogP contribution in [0.3, 0.4) is 0 Å². The molecule has 2 N–H and O–H groups in total. The van der Waals surface area contributed by atoms with Crippen molar-refractivity contribution in [3.63, 3.8) is 0 Å². The lowest BCUT2D eigenvalue weighted by Crippen LogP contribution is -2.30. The molecule has 0 unspecified atom stereocenters. The van der Waals surface area contributed by atoms with Gasteiger partial charge in [0.25, 0.3) is 0 Å². The minimum atomic E-state index is 0.733. The van der Waals surface area contributed by atoms with Gasteiger partial charge in [-0.25, -0.2) is 0 Å². The zero-order valence-electron chi connectivity index (χ0n) is 12.4. The number of benzene rings is 1. The third-order valence-corrected chi connectivity index (χ3v) is 3.19. The summed E-state index contributed by atoms with van der Waals surface area (Å²) in [5, 5.41) is 0. The maximum atomic E-state index is 5.76. The van der Waals surface area contributed by atoms with E-state index in [-0.39, 0.29) is 0 Å². The Hall–Kier alpha value is -1.22. The topological polar surface area (TPSA) is 38.5 Å². The van der Waals surface area contributed by atoms with Gasteiger partial charge in [-0.15, -0.1) is 0 Å². The smallest absolute Gasteiger partial charge is 0.121 e. The fourth-order valence-corrected chi connectivity index (χ4v) is 2.00. The average molecular weight is 264 g/mol. The minimum Gasteiger partial charge on any atom is -0.492 e. The van der Waals surface area contributed by atoms with Crippen molar-refractivity contribution in [2.75, 3.05) is 32.0 Å². The maximum Gasteiger partial charge on any atom is 0.121 e. The van der Waals surface area contributed by atoms with Crippen LogP contribution in [0.2, 0.25) is 0 Å². The molecule has 108 valence electrons. The zero-order chi connectivity index (χ0) is 13.9. The molecule has 0 radical (unpaired) electrons. The molecule has 0 aliphatic rings. The molecule has 1 aromatic rings. The van der Waals surface area contributed by atoms with Crippen molar-refractivity contribution in [3.05, 3.63) is 24.3 Å². The first-order valence-corrected chi connectivity index (χ1v) is 7.47. The van der Waals surface area contributed by atoms with Gasteiger partial charge in [0.05, 0.1) is 0 Å². The Balaban J connectivity index is 2.29. The normalized spacial score (nSPS) is 10.9. The Kier molecular flexibility index (Phi) is 8.07. The predicted octanol–water partition coefficient (Wildman–Crippen LogP) is 3.55. The van der Waals surface area contributed by atoms with E-state index < -0.39 is 0 Å². The second-order valence-electron chi connectivity index (χ2n) is 4.97. The molecule has 0 aliphatic carbocycles. The van der Waals surface area contributed by atoms with Crippen LogP contribution in [0.5, 0.6) is 5.75 Å². The fourth-order valence-electron chi connectivity index (χ4n) is 2.00. The van der Waals surface area contributed by atoms with Crippen molar-refractivity contribution >= 4 is 5.69 Å². The van der Waals surface area contributed by atoms with Crippen LogP contribution in [-0.2, 0) is 0 Å². The van der Waals surface area contributed by atoms with Gasteiger partial charge in [0, 0.05) is 18.3 Å². The number of hydrogen-bond donors (Lipinski definition) is 1. The molecule has 19 heavy (non-hydrogen) atoms. The number of hydrogen-bond acceptors (Lipinski definition) is 3. The Labute approximate surface area is 117 Å². The van der Waals surface area contributed by atoms with Gasteiger partial charge in [-0.3, -0.25) is 4.90 Å². The van der Waals surface area contributed by atoms with Crippen molar-refractivity contribution < 1.29 is 4.74 Å². The van der Waals surface area contributed by atoms with Crippen LogP contribution in [0.4, 0.5) is 5.69 Å². The summed E-state index contributed by atoms with van der Waals surface area (Å²) < 4.78 is 5.76. The van der Waals surface area contributed by atoms with Gasteiger partial charge in [-0.05, 0) is 38.1 Å². The van der Waals surface area contributed by atoms with E-state index in [0.717, 1.165) is 24.6 Å². The summed E-state index contributed by atoms with van der Waals surface area (Å²) >= 11 is 0. The van der Waals surface area contributed by atoms with E-state index in [2.05, 4.69) is 18.7 Å². The highest BCUT2D eigenvalue weighted by Gasteiger charge is 2.04. The first kappa shape index (κ1) is 15.8. The SMILES string of the molecule is CCCCN(CCCC)CCOc1cccc(N)c1. The van der Waals surface area contributed by atoms with Gasteiger partial charge in [0.2, 0.25) is 0 Å². The Morgan fingerprint density at radius 2 is 1.74 bits per heavy atom. The van der Waals surface area contributed by atoms with E-state index in [9.17, 15) is 0 Å². The van der Waals surface area contributed by atoms with Gasteiger partial charge < -0.3 is 10.5 Å². The van der Waals surface area contributed by atoms with Gasteiger partial charge in [-0.2, -0.15) is 0 Å². The number of nitrogen functional groups attached to an aromatic ring is 1. The predicted molar refractivity (Wildman–Crippen MR) is 82.6 cm³/mol. The number of anilines is 1. The van der Waals surface area contributed by atoms with Crippen molar-refractivity contribution in [1.29, 1.82) is 0 Å². The molecule has 1 rings (SSSR count). The van der Waals surface area contributed by atoms with Crippen LogP contribution >= 0.6 is 0 Å². The highest BCUT2D eigenvalue weighted by atomic mass is 16.5. The summed E-state index contributed by atoms with van der Waals surface area (Å²) in [6.07, 6.45) is 5.03. The lowest BCUT2D eigenvalue weighted by Gasteiger charge is -2.22. The third-order valence-electron chi connectivity index (χ3n) is 3.19. The average Bonchev–Trinajstić information content (AvgIpc) is 2.41. The summed E-state index contributed by atoms with van der Waals surface area (Å²) in [6, 6.07) is 7.64. The van der Waals surface area contributed by atoms with Crippen LogP contribution in [0, 0.1) is 0 Å². The molecule has 1 aromatic carbocycles. The first-order valence-electron chi connectivity index (χ1n) is 7.47. The van der Waals surface area contributed by atoms with Gasteiger partial charge in [0.1, 0.15) is 12.4 Å². The fraction of sp³-hybridized carbons (Fsp3) is 0.625. The standard InChI is InChI=1S/C16H28N2O/c1-3-5-10-18(11-6-4-2)12-13-19-16-9-7-8-15(17)14-16/h7-9,14H,3-6,10-13,17H2,1-2H3. The Bertz CT molecular complexity index is 333. The highest BCUT2D eigenvalue weighted by Crippen LogP contribution is 2.14. The molecule has 0 aliphatic heterocycles. The van der Waals surface area contributed by atoms with E-state index in [1.165, 1.54) is 38.8 Å². The second kappa shape index (κ2) is 9.68. The van der Waals surface area contributed by atoms with Crippen molar-refractivity contribution in [3.8, 4) is 5.75 Å². The summed E-state index contributed by atoms with van der Waals surface area (Å²) in [5.41, 5.74) is 6.49. The van der Waals surface area contributed by atoms with Crippen molar-refractivity contribution in [2.45, 2.75) is 39.5 Å². The summed E-state index contributed by atoms with van der Waals surface area (Å²) in [7, 11) is 0. The van der Waals surface area contributed by atoms with Gasteiger partial charge >= 0.3 is 0 Å². The Morgan fingerprint density at radius 3 is 2.32 bits per heavy atom. The molecule has 0 heterocycles. The summed E-state index contributed by atoms with van der Waals surface area (Å²) in [4.78, 5) is 2.50. The molecular formula is C16H28N2O. The molecule has 0 atom stereocenters. The highest BCUT2D eigenvalue weighted by molar-refractivity contribution is 5.43. The number of rotatable bonds is 10. The maximum absolute atomic E-state index is 5.76. The van der Waals surface area contributed by atoms with Crippen molar-refractivity contribution in [1.82, 2.24) is 4.90 Å². The molecule has 3 heteroatoms. The van der Waals surface area contributed by atoms with Crippen LogP contribution < -0.4 is 10.5 Å². The number of ether oxygens (including phenoxy) is 1. The summed E-state index contributed by atoms with van der Waals surface area (Å²) in [6.45, 7) is 8.56. The number of unbranched alkanes of at least 4 members (excludes halogenated alkanes) is 2. The number of nitrogens with two attached hydrogens (primary N) is 1. The van der Waals surface area contributed by atoms with Crippen LogP contribution in [-0.4, -0.2) is 31.1 Å². The molecule has 0 saturated carbocycles. The van der Waals surface area contributed by atoms with Crippen LogP contribution in [0.25, 0.3) is 0 Å². The van der Waals surface area contributed by atoms with Crippen LogP contribution in [0.1, 0.15) is 39.5 Å². The monoisotopic (exact) mass is 264 g/mol. The van der Waals surface area contributed by atoms with Gasteiger partial charge in [0.15, 0.2) is 0 Å². The zero-order valence-corrected chi connectivity index (χ0v) is 12.4. The van der Waals surface area contributed by atoms with Crippen LogP contribution in [0.15, 0.2) is 24.3 Å². The van der Waals surface area contributed by atoms with E-state index in [1.807, 2.05) is 24.3 Å². The summed E-state index contributed by atoms with van der Waals surface area (Å²) in [5.74, 6) is 0.867. The minimum absolute atomic E-state index is 0.733. The third kappa shape index (κ3) is 7.06. The molecule has 0 aromatic heterocycles. The quantitative estimate of drug-likeness (QED) is 0.657. The Morgan fingerprint density at radius 1 is 1.05 bits per heavy atom. The second-order valence-corrected chi connectivity index (χ2v) is 4.97. The van der Waals surface area contributed by atoms with E-state index in [1.54, 1.807) is 0 Å². The lowest BCUT2D eigenvalue weighted by atomic mass is 10.2. The van der Waals surface area contributed by atoms with E-state index in [4.69, 9.17) is 10.5 Å². The number of nitrogens with zero attached hydrogens (tertiary/aromatic N) is 1. The molecule has 3 nitrogen and oxygen atoms in total. The molecule has 0 saturated heterocycles.